The molecule has 5 aliphatic carbocycles. The Morgan fingerprint density at radius 2 is 0.594 bits per heavy atom. The van der Waals surface area contributed by atoms with E-state index in [-0.39, 0.29) is 16.6 Å². The van der Waals surface area contributed by atoms with Gasteiger partial charge in [-0.2, -0.15) is 0 Å². The van der Waals surface area contributed by atoms with Gasteiger partial charge >= 0.3 is 0 Å². The number of carbonyl (C=O) groups excluding carboxylic acids is 1. The molecule has 0 saturated heterocycles. The Balaban J connectivity index is 0.000000145. The number of anilines is 6. The van der Waals surface area contributed by atoms with Crippen LogP contribution in [-0.4, -0.2) is 5.78 Å². The highest BCUT2D eigenvalue weighted by molar-refractivity contribution is 9.10. The lowest BCUT2D eigenvalue weighted by Crippen LogP contribution is -2.26. The summed E-state index contributed by atoms with van der Waals surface area (Å²) in [5.74, 6) is 0.0901. The lowest BCUT2D eigenvalue weighted by atomic mass is 9.70. The Labute approximate surface area is 570 Å². The molecule has 0 radical (unpaired) electrons. The van der Waals surface area contributed by atoms with Gasteiger partial charge < -0.3 is 9.80 Å². The first kappa shape index (κ1) is 57.5. The maximum Gasteiger partial charge on any atom is 0.194 e. The molecule has 1 unspecified atom stereocenters. The molecule has 0 heterocycles. The molecule has 14 aromatic carbocycles. The first-order valence-corrected chi connectivity index (χ1v) is 34.1. The fourth-order valence-electron chi connectivity index (χ4n) is 17.0. The highest BCUT2D eigenvalue weighted by Crippen LogP contribution is 2.66. The summed E-state index contributed by atoms with van der Waals surface area (Å²) < 4.78 is 1.13. The molecule has 0 aliphatic heterocycles. The Kier molecular flexibility index (Phi) is 13.2. The zero-order valence-corrected chi connectivity index (χ0v) is 55.4. The summed E-state index contributed by atoms with van der Waals surface area (Å²) >= 11 is 3.99. The van der Waals surface area contributed by atoms with E-state index in [0.29, 0.717) is 0 Å². The zero-order valence-electron chi connectivity index (χ0n) is 53.8. The smallest absolute Gasteiger partial charge is 0.194 e. The minimum absolute atomic E-state index is 0.0901. The van der Waals surface area contributed by atoms with E-state index in [9.17, 15) is 4.79 Å². The van der Waals surface area contributed by atoms with Crippen molar-refractivity contribution < 1.29 is 4.79 Å². The SMILES string of the molecule is CC1(C)c2ccccc2-c2ccc(N(c3ccc(-c4ccccc4)cc3)c3cccc4c3-c3ccccc3C43c4ccccc4-c4c(Br)cccc43)cc21.CC1(C)c2ccccc2-c2ccc(N(c3ccc(-c4ccccc4)cc3)c3cccc4c3-c3ccccc3C4=O)cc21. The van der Waals surface area contributed by atoms with Crippen LogP contribution in [0.1, 0.15) is 88.1 Å². The summed E-state index contributed by atoms with van der Waals surface area (Å²) in [6.07, 6.45) is 0. The van der Waals surface area contributed by atoms with Crippen molar-refractivity contribution in [1.29, 1.82) is 0 Å². The number of fused-ring (bicyclic) bond motifs is 19. The van der Waals surface area contributed by atoms with E-state index in [1.165, 1.54) is 117 Å². The maximum atomic E-state index is 13.5. The van der Waals surface area contributed by atoms with Gasteiger partial charge in [-0.1, -0.05) is 298 Å². The van der Waals surface area contributed by atoms with Crippen LogP contribution < -0.4 is 9.80 Å². The van der Waals surface area contributed by atoms with Crippen molar-refractivity contribution in [1.82, 2.24) is 0 Å². The highest BCUT2D eigenvalue weighted by atomic mass is 79.9. The number of carbonyl (C=O) groups is 1. The van der Waals surface area contributed by atoms with Gasteiger partial charge in [0.25, 0.3) is 0 Å². The number of nitrogens with zero attached hydrogens (tertiary/aromatic N) is 2. The third-order valence-corrected chi connectivity index (χ3v) is 22.1. The van der Waals surface area contributed by atoms with Gasteiger partial charge in [0.2, 0.25) is 0 Å². The molecule has 456 valence electrons. The van der Waals surface area contributed by atoms with Gasteiger partial charge in [-0.05, 0) is 172 Å². The average Bonchev–Trinajstić information content (AvgIpc) is 1.50. The highest BCUT2D eigenvalue weighted by Gasteiger charge is 2.53. The molecule has 14 aromatic rings. The van der Waals surface area contributed by atoms with E-state index < -0.39 is 5.41 Å². The molecule has 0 saturated carbocycles. The Bertz CT molecular complexity index is 5510. The summed E-state index contributed by atoms with van der Waals surface area (Å²) in [5.41, 5.74) is 35.4. The van der Waals surface area contributed by atoms with Crippen LogP contribution in [0.5, 0.6) is 0 Å². The van der Waals surface area contributed by atoms with Crippen LogP contribution in [0, 0.1) is 0 Å². The molecule has 3 nitrogen and oxygen atoms in total. The van der Waals surface area contributed by atoms with Crippen LogP contribution in [0.3, 0.4) is 0 Å². The van der Waals surface area contributed by atoms with E-state index in [1.54, 1.807) is 0 Å². The molecule has 0 bridgehead atoms. The molecule has 0 amide bonds. The molecular formula is C92H65BrN2O. The lowest BCUT2D eigenvalue weighted by molar-refractivity contribution is 0.104. The number of rotatable bonds is 8. The van der Waals surface area contributed by atoms with Crippen LogP contribution in [0.25, 0.3) is 77.9 Å². The van der Waals surface area contributed by atoms with E-state index in [2.05, 4.69) is 339 Å². The summed E-state index contributed by atoms with van der Waals surface area (Å²) in [7, 11) is 0. The fourth-order valence-corrected chi connectivity index (χ4v) is 17.6. The average molecular weight is 1290 g/mol. The lowest BCUT2D eigenvalue weighted by Gasteiger charge is -2.32. The summed E-state index contributed by atoms with van der Waals surface area (Å²) in [6, 6.07) is 117. The predicted molar refractivity (Wildman–Crippen MR) is 401 cm³/mol. The standard InChI is InChI=1S/C52H36BrN.C40H29NO/c1-51(2)41-19-9-6-16-37(41)38-31-30-36(32-46(38)51)54(35-28-26-34(27-29-35)33-14-4-3-5-15-33)48-25-13-23-45-50(48)40-18-8-11-21-43(40)52(45)42-20-10-7-17-39(42)49-44(52)22-12-24-47(49)53;1-40(2)35-17-9-8-13-30(35)31-24-23-29(25-36(31)40)41(28-21-19-27(20-22-28)26-11-4-3-5-12-26)37-18-10-16-34-38(37)32-14-6-7-15-33(32)39(34)42/h3-32H,1-2H3;3-25H,1-2H3. The fraction of sp³-hybridized carbons (Fsp3) is 0.0761. The van der Waals surface area contributed by atoms with Gasteiger partial charge in [0, 0.05) is 65.9 Å². The zero-order chi connectivity index (χ0) is 64.6. The summed E-state index contributed by atoms with van der Waals surface area (Å²) in [6.45, 7) is 9.37. The van der Waals surface area contributed by atoms with Gasteiger partial charge in [-0.15, -0.1) is 0 Å². The second-order valence-electron chi connectivity index (χ2n) is 27.1. The molecule has 0 fully saturated rings. The quantitative estimate of drug-likeness (QED) is 0.151. The number of halogens is 1. The monoisotopic (exact) mass is 1290 g/mol. The molecule has 1 spiro atoms. The number of benzene rings is 14. The molecule has 1 atom stereocenters. The van der Waals surface area contributed by atoms with Crippen molar-refractivity contribution in [3.05, 3.63) is 382 Å². The van der Waals surface area contributed by atoms with Gasteiger partial charge in [-0.3, -0.25) is 4.79 Å². The molecule has 5 aliphatic rings. The first-order valence-electron chi connectivity index (χ1n) is 33.3. The van der Waals surface area contributed by atoms with E-state index in [0.717, 1.165) is 55.2 Å². The topological polar surface area (TPSA) is 23.6 Å². The normalized spacial score (nSPS) is 15.2. The van der Waals surface area contributed by atoms with Gasteiger partial charge in [0.15, 0.2) is 5.78 Å². The minimum Gasteiger partial charge on any atom is -0.310 e. The van der Waals surface area contributed by atoms with E-state index in [1.807, 2.05) is 36.4 Å². The second kappa shape index (κ2) is 22.0. The number of hydrogen-bond donors (Lipinski definition) is 0. The molecule has 19 rings (SSSR count). The van der Waals surface area contributed by atoms with Gasteiger partial charge in [0.05, 0.1) is 16.8 Å². The number of ketones is 1. The van der Waals surface area contributed by atoms with Crippen molar-refractivity contribution in [3.8, 4) is 77.9 Å². The largest absolute Gasteiger partial charge is 0.310 e. The van der Waals surface area contributed by atoms with Crippen LogP contribution in [0.4, 0.5) is 34.1 Å². The van der Waals surface area contributed by atoms with Crippen LogP contribution >= 0.6 is 15.9 Å². The first-order chi connectivity index (χ1) is 47.0. The third-order valence-electron chi connectivity index (χ3n) is 21.4. The number of hydrogen-bond acceptors (Lipinski definition) is 3. The second-order valence-corrected chi connectivity index (χ2v) is 27.9. The van der Waals surface area contributed by atoms with Gasteiger partial charge in [0.1, 0.15) is 0 Å². The Hall–Kier alpha value is -11.2. The molecule has 0 aromatic heterocycles. The summed E-state index contributed by atoms with van der Waals surface area (Å²) in [4.78, 5) is 18.3. The molecular weight excluding hydrogens is 1230 g/mol. The van der Waals surface area contributed by atoms with Crippen molar-refractivity contribution >= 4 is 55.8 Å². The minimum atomic E-state index is -0.442. The summed E-state index contributed by atoms with van der Waals surface area (Å²) in [5, 5.41) is 0. The van der Waals surface area contributed by atoms with Crippen molar-refractivity contribution in [2.45, 2.75) is 43.9 Å². The van der Waals surface area contributed by atoms with Crippen molar-refractivity contribution in [2.24, 2.45) is 0 Å². The third kappa shape index (κ3) is 8.47. The molecule has 0 N–H and O–H groups in total. The van der Waals surface area contributed by atoms with Crippen LogP contribution in [-0.2, 0) is 16.2 Å². The van der Waals surface area contributed by atoms with Crippen LogP contribution in [0.2, 0.25) is 0 Å². The Morgan fingerprint density at radius 3 is 1.10 bits per heavy atom. The predicted octanol–water partition coefficient (Wildman–Crippen LogP) is 24.6. The van der Waals surface area contributed by atoms with E-state index in [4.69, 9.17) is 0 Å². The van der Waals surface area contributed by atoms with Crippen LogP contribution in [0.15, 0.2) is 326 Å². The van der Waals surface area contributed by atoms with E-state index >= 15 is 0 Å². The maximum absolute atomic E-state index is 13.5. The Morgan fingerprint density at radius 1 is 0.250 bits per heavy atom. The molecule has 4 heteroatoms. The van der Waals surface area contributed by atoms with Gasteiger partial charge in [-0.25, -0.2) is 0 Å². The van der Waals surface area contributed by atoms with Crippen molar-refractivity contribution in [2.75, 3.05) is 9.80 Å². The van der Waals surface area contributed by atoms with Crippen molar-refractivity contribution in [3.63, 3.8) is 0 Å². The molecule has 96 heavy (non-hydrogen) atoms.